The molecular weight excluding hydrogens is 146 g/mol. The maximum atomic E-state index is 11.0. The lowest BCUT2D eigenvalue weighted by molar-refractivity contribution is 1.02. The van der Waals surface area contributed by atoms with E-state index in [4.69, 9.17) is 0 Å². The fourth-order valence-corrected chi connectivity index (χ4v) is 0.801. The van der Waals surface area contributed by atoms with Crippen LogP contribution in [0.5, 0.6) is 0 Å². The van der Waals surface area contributed by atoms with Crippen LogP contribution in [-0.4, -0.2) is 16.3 Å². The highest BCUT2D eigenvalue weighted by Gasteiger charge is 2.08. The van der Waals surface area contributed by atoms with E-state index in [2.05, 4.69) is 25.8 Å². The second kappa shape index (κ2) is 2.08. The van der Waals surface area contributed by atoms with Crippen molar-refractivity contribution in [3.63, 3.8) is 0 Å². The van der Waals surface area contributed by atoms with Crippen molar-refractivity contribution in [3.8, 4) is 0 Å². The van der Waals surface area contributed by atoms with Crippen molar-refractivity contribution in [3.05, 3.63) is 16.7 Å². The van der Waals surface area contributed by atoms with Crippen LogP contribution in [0.4, 0.5) is 11.5 Å². The van der Waals surface area contributed by atoms with Crippen LogP contribution in [0.1, 0.15) is 0 Å². The summed E-state index contributed by atoms with van der Waals surface area (Å²) in [5.41, 5.74) is 5.33. The van der Waals surface area contributed by atoms with Crippen LogP contribution in [0.25, 0.3) is 0 Å². The van der Waals surface area contributed by atoms with Gasteiger partial charge in [-0.2, -0.15) is 0 Å². The SMILES string of the molecule is O=c1[nH]cnc2c1N=CNN2. The van der Waals surface area contributed by atoms with Crippen molar-refractivity contribution in [2.75, 3.05) is 5.43 Å². The van der Waals surface area contributed by atoms with E-state index in [-0.39, 0.29) is 5.56 Å². The van der Waals surface area contributed by atoms with Gasteiger partial charge in [0, 0.05) is 0 Å². The van der Waals surface area contributed by atoms with Crippen LogP contribution in [0.3, 0.4) is 0 Å². The molecule has 0 saturated heterocycles. The van der Waals surface area contributed by atoms with Crippen molar-refractivity contribution >= 4 is 17.8 Å². The Labute approximate surface area is 61.4 Å². The number of hydrogen-bond donors (Lipinski definition) is 3. The normalized spacial score (nSPS) is 13.1. The molecule has 2 rings (SSSR count). The molecule has 0 atom stereocenters. The Morgan fingerprint density at radius 1 is 1.45 bits per heavy atom. The minimum atomic E-state index is -0.250. The fourth-order valence-electron chi connectivity index (χ4n) is 0.801. The first kappa shape index (κ1) is 5.90. The van der Waals surface area contributed by atoms with E-state index in [0.717, 1.165) is 0 Å². The molecule has 2 heterocycles. The lowest BCUT2D eigenvalue weighted by Crippen LogP contribution is -2.25. The molecule has 0 unspecified atom stereocenters. The molecule has 1 aliphatic heterocycles. The van der Waals surface area contributed by atoms with Gasteiger partial charge in [-0.05, 0) is 0 Å². The van der Waals surface area contributed by atoms with Crippen LogP contribution in [-0.2, 0) is 0 Å². The average Bonchev–Trinajstić information content (AvgIpc) is 2.06. The Morgan fingerprint density at radius 3 is 3.18 bits per heavy atom. The number of fused-ring (bicyclic) bond motifs is 1. The molecule has 0 bridgehead atoms. The van der Waals surface area contributed by atoms with Gasteiger partial charge in [0.1, 0.15) is 6.34 Å². The molecule has 0 fully saturated rings. The third-order valence-corrected chi connectivity index (χ3v) is 1.28. The number of aliphatic imine (C=N–C) groups is 1. The van der Waals surface area contributed by atoms with E-state index in [1.807, 2.05) is 0 Å². The Bertz CT molecular complexity index is 354. The highest BCUT2D eigenvalue weighted by Crippen LogP contribution is 2.15. The maximum absolute atomic E-state index is 11.0. The van der Waals surface area contributed by atoms with Gasteiger partial charge >= 0.3 is 0 Å². The van der Waals surface area contributed by atoms with Gasteiger partial charge in [0.05, 0.1) is 6.33 Å². The molecule has 0 aromatic carbocycles. The first-order valence-electron chi connectivity index (χ1n) is 3.00. The Morgan fingerprint density at radius 2 is 2.36 bits per heavy atom. The van der Waals surface area contributed by atoms with Crippen LogP contribution >= 0.6 is 0 Å². The van der Waals surface area contributed by atoms with Gasteiger partial charge in [-0.3, -0.25) is 15.6 Å². The number of aromatic nitrogens is 2. The van der Waals surface area contributed by atoms with E-state index in [9.17, 15) is 4.79 Å². The second-order valence-electron chi connectivity index (χ2n) is 1.96. The number of H-pyrrole nitrogens is 1. The molecule has 11 heavy (non-hydrogen) atoms. The van der Waals surface area contributed by atoms with Gasteiger partial charge in [-0.15, -0.1) is 0 Å². The second-order valence-corrected chi connectivity index (χ2v) is 1.96. The summed E-state index contributed by atoms with van der Waals surface area (Å²) in [5, 5.41) is 0. The molecule has 0 aliphatic carbocycles. The molecule has 0 amide bonds. The first-order chi connectivity index (χ1) is 5.38. The lowest BCUT2D eigenvalue weighted by Gasteiger charge is -2.09. The average molecular weight is 151 g/mol. The number of rotatable bonds is 0. The Kier molecular flexibility index (Phi) is 1.12. The van der Waals surface area contributed by atoms with Gasteiger partial charge < -0.3 is 4.98 Å². The summed E-state index contributed by atoms with van der Waals surface area (Å²) in [6.45, 7) is 0. The summed E-state index contributed by atoms with van der Waals surface area (Å²) in [6, 6.07) is 0. The smallest absolute Gasteiger partial charge is 0.278 e. The number of anilines is 1. The quantitative estimate of drug-likeness (QED) is 0.460. The predicted octanol–water partition coefficient (Wildman–Crippen LogP) is -0.640. The zero-order valence-corrected chi connectivity index (χ0v) is 5.46. The zero-order valence-electron chi connectivity index (χ0n) is 5.46. The molecule has 1 aromatic rings. The number of nitrogens with one attached hydrogen (secondary N) is 3. The summed E-state index contributed by atoms with van der Waals surface area (Å²) in [7, 11) is 0. The molecular formula is C5H5N5O. The van der Waals surface area contributed by atoms with Crippen LogP contribution in [0.15, 0.2) is 16.1 Å². The summed E-state index contributed by atoms with van der Waals surface area (Å²) in [4.78, 5) is 21.0. The summed E-state index contributed by atoms with van der Waals surface area (Å²) in [5.74, 6) is 0.441. The summed E-state index contributed by atoms with van der Waals surface area (Å²) in [6.07, 6.45) is 2.70. The molecule has 0 radical (unpaired) electrons. The molecule has 3 N–H and O–H groups in total. The van der Waals surface area contributed by atoms with Gasteiger partial charge in [-0.25, -0.2) is 9.98 Å². The number of aromatic amines is 1. The largest absolute Gasteiger partial charge is 0.311 e. The van der Waals surface area contributed by atoms with Crippen LogP contribution < -0.4 is 16.4 Å². The van der Waals surface area contributed by atoms with Crippen molar-refractivity contribution in [2.45, 2.75) is 0 Å². The Balaban J connectivity index is 2.70. The molecule has 56 valence electrons. The molecule has 6 heteroatoms. The predicted molar refractivity (Wildman–Crippen MR) is 39.8 cm³/mol. The molecule has 0 saturated carbocycles. The van der Waals surface area contributed by atoms with Gasteiger partial charge in [0.15, 0.2) is 11.5 Å². The van der Waals surface area contributed by atoms with E-state index in [1.165, 1.54) is 12.7 Å². The number of nitrogens with zero attached hydrogens (tertiary/aromatic N) is 2. The minimum absolute atomic E-state index is 0.250. The van der Waals surface area contributed by atoms with E-state index in [0.29, 0.717) is 11.5 Å². The molecule has 1 aliphatic rings. The highest BCUT2D eigenvalue weighted by atomic mass is 16.1. The molecule has 0 spiro atoms. The van der Waals surface area contributed by atoms with Gasteiger partial charge in [0.2, 0.25) is 0 Å². The van der Waals surface area contributed by atoms with Gasteiger partial charge in [-0.1, -0.05) is 0 Å². The lowest BCUT2D eigenvalue weighted by atomic mass is 10.5. The molecule has 6 nitrogen and oxygen atoms in total. The Hall–Kier alpha value is -1.85. The third kappa shape index (κ3) is 0.841. The standard InChI is InChI=1S/C5H5N5O/c11-5-3-4(7-1-8-5)10-9-2-6-3/h1-2H,(H,6,9)(H2,7,8,10,11). The summed E-state index contributed by atoms with van der Waals surface area (Å²) < 4.78 is 0. The zero-order chi connectivity index (χ0) is 7.68. The van der Waals surface area contributed by atoms with E-state index in [1.54, 1.807) is 0 Å². The van der Waals surface area contributed by atoms with E-state index >= 15 is 0 Å². The number of hydrogen-bond acceptors (Lipinski definition) is 5. The van der Waals surface area contributed by atoms with Gasteiger partial charge in [0.25, 0.3) is 5.56 Å². The van der Waals surface area contributed by atoms with E-state index < -0.39 is 0 Å². The molecule has 1 aromatic heterocycles. The summed E-state index contributed by atoms with van der Waals surface area (Å²) >= 11 is 0. The highest BCUT2D eigenvalue weighted by molar-refractivity contribution is 5.73. The van der Waals surface area contributed by atoms with Crippen molar-refractivity contribution in [1.29, 1.82) is 0 Å². The van der Waals surface area contributed by atoms with Crippen LogP contribution in [0.2, 0.25) is 0 Å². The van der Waals surface area contributed by atoms with Crippen molar-refractivity contribution < 1.29 is 0 Å². The maximum Gasteiger partial charge on any atom is 0.278 e. The third-order valence-electron chi connectivity index (χ3n) is 1.28. The van der Waals surface area contributed by atoms with Crippen molar-refractivity contribution in [1.82, 2.24) is 15.4 Å². The van der Waals surface area contributed by atoms with Crippen LogP contribution in [0, 0.1) is 0 Å². The monoisotopic (exact) mass is 151 g/mol. The minimum Gasteiger partial charge on any atom is -0.311 e. The topological polar surface area (TPSA) is 82.2 Å². The number of hydrazine groups is 1. The fraction of sp³-hybridized carbons (Fsp3) is 0. The first-order valence-corrected chi connectivity index (χ1v) is 3.00. The van der Waals surface area contributed by atoms with Crippen molar-refractivity contribution in [2.24, 2.45) is 4.99 Å².